The van der Waals surface area contributed by atoms with Gasteiger partial charge in [-0.3, -0.25) is 9.58 Å². The molecule has 0 aliphatic carbocycles. The summed E-state index contributed by atoms with van der Waals surface area (Å²) in [6, 6.07) is 2.08. The quantitative estimate of drug-likeness (QED) is 0.756. The van der Waals surface area contributed by atoms with Crippen LogP contribution >= 0.6 is 0 Å². The first-order chi connectivity index (χ1) is 8.22. The van der Waals surface area contributed by atoms with Crippen LogP contribution in [0.5, 0.6) is 0 Å². The smallest absolute Gasteiger partial charge is 0.410 e. The van der Waals surface area contributed by atoms with Gasteiger partial charge in [-0.2, -0.15) is 5.10 Å². The molecule has 2 heterocycles. The first-order valence-electron chi connectivity index (χ1n) is 6.16. The third-order valence-corrected chi connectivity index (χ3v) is 3.06. The van der Waals surface area contributed by atoms with Crippen LogP contribution in [0.4, 0.5) is 4.79 Å². The first kappa shape index (κ1) is 12.0. The zero-order valence-corrected chi connectivity index (χ0v) is 10.4. The Morgan fingerprint density at radius 3 is 3.24 bits per heavy atom. The third-order valence-electron chi connectivity index (χ3n) is 3.06. The number of hydrogen-bond donors (Lipinski definition) is 0. The number of fused-ring (bicyclic) bond motifs is 1. The Morgan fingerprint density at radius 1 is 1.65 bits per heavy atom. The molecule has 0 saturated heterocycles. The van der Waals surface area contributed by atoms with E-state index in [0.717, 1.165) is 25.1 Å². The first-order valence-corrected chi connectivity index (χ1v) is 6.16. The van der Waals surface area contributed by atoms with E-state index in [-0.39, 0.29) is 12.1 Å². The van der Waals surface area contributed by atoms with Gasteiger partial charge in [0, 0.05) is 6.20 Å². The van der Waals surface area contributed by atoms with Crippen molar-refractivity contribution in [2.24, 2.45) is 0 Å². The minimum atomic E-state index is -0.210. The molecular formula is C12H19N3O2. The average molecular weight is 237 g/mol. The average Bonchev–Trinajstić information content (AvgIpc) is 2.75. The second-order valence-electron chi connectivity index (χ2n) is 4.45. The minimum Gasteiger partial charge on any atom is -0.449 e. The van der Waals surface area contributed by atoms with Gasteiger partial charge in [0.1, 0.15) is 0 Å². The summed E-state index contributed by atoms with van der Waals surface area (Å²) in [6.45, 7) is 5.94. The van der Waals surface area contributed by atoms with Crippen molar-refractivity contribution >= 4 is 6.09 Å². The lowest BCUT2D eigenvalue weighted by atomic mass is 10.2. The highest BCUT2D eigenvalue weighted by Crippen LogP contribution is 2.17. The predicted octanol–water partition coefficient (Wildman–Crippen LogP) is 2.02. The van der Waals surface area contributed by atoms with Crippen LogP contribution < -0.4 is 0 Å². The van der Waals surface area contributed by atoms with Gasteiger partial charge in [0.25, 0.3) is 0 Å². The molecule has 0 radical (unpaired) electrons. The van der Waals surface area contributed by atoms with Crippen molar-refractivity contribution in [3.63, 3.8) is 0 Å². The van der Waals surface area contributed by atoms with E-state index in [1.165, 1.54) is 0 Å². The van der Waals surface area contributed by atoms with Gasteiger partial charge < -0.3 is 4.74 Å². The van der Waals surface area contributed by atoms with Gasteiger partial charge in [-0.1, -0.05) is 13.3 Å². The van der Waals surface area contributed by atoms with E-state index >= 15 is 0 Å². The Morgan fingerprint density at radius 2 is 2.47 bits per heavy atom. The van der Waals surface area contributed by atoms with Crippen LogP contribution in [0, 0.1) is 0 Å². The van der Waals surface area contributed by atoms with E-state index in [1.807, 2.05) is 17.7 Å². The van der Waals surface area contributed by atoms with Crippen molar-refractivity contribution in [1.29, 1.82) is 0 Å². The molecule has 1 atom stereocenters. The summed E-state index contributed by atoms with van der Waals surface area (Å²) in [5.41, 5.74) is 1.07. The molecule has 0 spiro atoms. The van der Waals surface area contributed by atoms with Gasteiger partial charge in [-0.25, -0.2) is 4.79 Å². The number of unbranched alkanes of at least 4 members (excludes halogenated alkanes) is 1. The molecule has 1 unspecified atom stereocenters. The Bertz CT molecular complexity index is 389. The molecule has 5 heteroatoms. The van der Waals surface area contributed by atoms with Crippen LogP contribution in [0.1, 0.15) is 32.4 Å². The number of hydrogen-bond acceptors (Lipinski definition) is 3. The molecule has 0 aromatic carbocycles. The van der Waals surface area contributed by atoms with Crippen molar-refractivity contribution in [3.05, 3.63) is 18.0 Å². The number of ether oxygens (including phenoxy) is 1. The molecule has 1 aromatic heterocycles. The van der Waals surface area contributed by atoms with Crippen LogP contribution in [0.3, 0.4) is 0 Å². The predicted molar refractivity (Wildman–Crippen MR) is 63.5 cm³/mol. The van der Waals surface area contributed by atoms with Crippen molar-refractivity contribution in [2.45, 2.75) is 45.8 Å². The largest absolute Gasteiger partial charge is 0.449 e. The Labute approximate surface area is 101 Å². The van der Waals surface area contributed by atoms with Gasteiger partial charge in [-0.05, 0) is 19.4 Å². The lowest BCUT2D eigenvalue weighted by Crippen LogP contribution is -2.45. The molecule has 0 fully saturated rings. The molecule has 94 valence electrons. The Hall–Kier alpha value is -1.52. The molecule has 1 aromatic rings. The zero-order valence-electron chi connectivity index (χ0n) is 10.4. The van der Waals surface area contributed by atoms with Crippen molar-refractivity contribution < 1.29 is 9.53 Å². The molecule has 0 bridgehead atoms. The summed E-state index contributed by atoms with van der Waals surface area (Å²) in [6.07, 6.45) is 3.52. The fourth-order valence-corrected chi connectivity index (χ4v) is 1.97. The lowest BCUT2D eigenvalue weighted by Gasteiger charge is -2.33. The molecule has 0 N–H and O–H groups in total. The van der Waals surface area contributed by atoms with Crippen LogP contribution in [0.15, 0.2) is 12.3 Å². The molecule has 1 aliphatic heterocycles. The SMILES string of the molecule is CCCCOC(=O)N1Cc2ccnn2CC1C. The van der Waals surface area contributed by atoms with Crippen LogP contribution in [-0.4, -0.2) is 33.4 Å². The van der Waals surface area contributed by atoms with Gasteiger partial charge >= 0.3 is 6.09 Å². The Balaban J connectivity index is 1.95. The van der Waals surface area contributed by atoms with E-state index in [0.29, 0.717) is 13.2 Å². The van der Waals surface area contributed by atoms with E-state index in [4.69, 9.17) is 4.74 Å². The summed E-state index contributed by atoms with van der Waals surface area (Å²) in [5, 5.41) is 4.21. The van der Waals surface area contributed by atoms with Gasteiger partial charge in [-0.15, -0.1) is 0 Å². The van der Waals surface area contributed by atoms with Crippen molar-refractivity contribution in [3.8, 4) is 0 Å². The summed E-state index contributed by atoms with van der Waals surface area (Å²) in [7, 11) is 0. The monoisotopic (exact) mass is 237 g/mol. The second-order valence-corrected chi connectivity index (χ2v) is 4.45. The van der Waals surface area contributed by atoms with Gasteiger partial charge in [0.2, 0.25) is 0 Å². The molecule has 1 amide bonds. The van der Waals surface area contributed by atoms with E-state index < -0.39 is 0 Å². The highest BCUT2D eigenvalue weighted by atomic mass is 16.6. The summed E-state index contributed by atoms with van der Waals surface area (Å²) in [5.74, 6) is 0. The fourth-order valence-electron chi connectivity index (χ4n) is 1.97. The summed E-state index contributed by atoms with van der Waals surface area (Å²) in [4.78, 5) is 13.7. The summed E-state index contributed by atoms with van der Waals surface area (Å²) < 4.78 is 7.19. The lowest BCUT2D eigenvalue weighted by molar-refractivity contribution is 0.0712. The minimum absolute atomic E-state index is 0.136. The zero-order chi connectivity index (χ0) is 12.3. The highest BCUT2D eigenvalue weighted by molar-refractivity contribution is 5.68. The summed E-state index contributed by atoms with van der Waals surface area (Å²) >= 11 is 0. The second kappa shape index (κ2) is 5.21. The van der Waals surface area contributed by atoms with Gasteiger partial charge in [0.05, 0.1) is 31.4 Å². The maximum atomic E-state index is 11.9. The maximum absolute atomic E-state index is 11.9. The van der Waals surface area contributed by atoms with Crippen molar-refractivity contribution in [1.82, 2.24) is 14.7 Å². The number of carbonyl (C=O) groups is 1. The highest BCUT2D eigenvalue weighted by Gasteiger charge is 2.27. The normalized spacial score (nSPS) is 18.9. The van der Waals surface area contributed by atoms with Crippen LogP contribution in [0.2, 0.25) is 0 Å². The molecule has 0 saturated carbocycles. The van der Waals surface area contributed by atoms with Crippen LogP contribution in [0.25, 0.3) is 0 Å². The molecule has 17 heavy (non-hydrogen) atoms. The molecule has 1 aliphatic rings. The van der Waals surface area contributed by atoms with E-state index in [1.54, 1.807) is 11.1 Å². The van der Waals surface area contributed by atoms with E-state index in [9.17, 15) is 4.79 Å². The maximum Gasteiger partial charge on any atom is 0.410 e. The number of nitrogens with zero attached hydrogens (tertiary/aromatic N) is 3. The number of amides is 1. The number of aromatic nitrogens is 2. The topological polar surface area (TPSA) is 47.4 Å². The molecular weight excluding hydrogens is 218 g/mol. The Kier molecular flexibility index (Phi) is 3.66. The molecule has 5 nitrogen and oxygen atoms in total. The fraction of sp³-hybridized carbons (Fsp3) is 0.667. The molecule has 2 rings (SSSR count). The van der Waals surface area contributed by atoms with Gasteiger partial charge in [0.15, 0.2) is 0 Å². The third kappa shape index (κ3) is 2.60. The standard InChI is InChI=1S/C12H19N3O2/c1-3-4-7-17-12(16)14-9-11-5-6-13-15(11)8-10(14)2/h5-6,10H,3-4,7-9H2,1-2H3. The van der Waals surface area contributed by atoms with Crippen LogP contribution in [-0.2, 0) is 17.8 Å². The van der Waals surface area contributed by atoms with Crippen molar-refractivity contribution in [2.75, 3.05) is 6.61 Å². The number of rotatable bonds is 3. The van der Waals surface area contributed by atoms with E-state index in [2.05, 4.69) is 12.0 Å². The number of carbonyl (C=O) groups excluding carboxylic acids is 1.